The molecule has 1 aliphatic rings. The Morgan fingerprint density at radius 1 is 1.29 bits per heavy atom. The lowest BCUT2D eigenvalue weighted by molar-refractivity contribution is -0.114. The highest BCUT2D eigenvalue weighted by molar-refractivity contribution is 6.52. The van der Waals surface area contributed by atoms with E-state index in [0.29, 0.717) is 0 Å². The average Bonchev–Trinajstić information content (AvgIpc) is 2.54. The zero-order chi connectivity index (χ0) is 12.6. The molecule has 0 aliphatic carbocycles. The SMILES string of the molecule is CCc1ccc2c(c1)C(=O)C(=O)N2CC(F)F. The number of alkyl halides is 2. The number of anilines is 1. The van der Waals surface area contributed by atoms with Gasteiger partial charge in [0, 0.05) is 0 Å². The van der Waals surface area contributed by atoms with Gasteiger partial charge in [-0.05, 0) is 24.1 Å². The quantitative estimate of drug-likeness (QED) is 0.757. The number of carbonyl (C=O) groups excluding carboxylic acids is 2. The average molecular weight is 239 g/mol. The molecule has 90 valence electrons. The van der Waals surface area contributed by atoms with Crippen LogP contribution in [0.25, 0.3) is 0 Å². The van der Waals surface area contributed by atoms with Crippen molar-refractivity contribution in [2.24, 2.45) is 0 Å². The van der Waals surface area contributed by atoms with Gasteiger partial charge in [-0.1, -0.05) is 13.0 Å². The van der Waals surface area contributed by atoms with E-state index in [-0.39, 0.29) is 11.3 Å². The number of aryl methyl sites for hydroxylation is 1. The monoisotopic (exact) mass is 239 g/mol. The predicted octanol–water partition coefficient (Wildman–Crippen LogP) is 2.04. The maximum atomic E-state index is 12.3. The summed E-state index contributed by atoms with van der Waals surface area (Å²) < 4.78 is 24.6. The van der Waals surface area contributed by atoms with Gasteiger partial charge in [-0.15, -0.1) is 0 Å². The number of amides is 1. The van der Waals surface area contributed by atoms with Crippen molar-refractivity contribution < 1.29 is 18.4 Å². The molecule has 2 rings (SSSR count). The lowest BCUT2D eigenvalue weighted by atomic mass is 10.1. The summed E-state index contributed by atoms with van der Waals surface area (Å²) in [6.07, 6.45) is -1.92. The molecule has 0 saturated carbocycles. The van der Waals surface area contributed by atoms with Crippen molar-refractivity contribution in [1.82, 2.24) is 0 Å². The number of halogens is 2. The van der Waals surface area contributed by atoms with Crippen LogP contribution in [0.1, 0.15) is 22.8 Å². The molecular weight excluding hydrogens is 228 g/mol. The van der Waals surface area contributed by atoms with Crippen LogP contribution in [0.3, 0.4) is 0 Å². The van der Waals surface area contributed by atoms with Crippen LogP contribution in [0.4, 0.5) is 14.5 Å². The molecule has 0 N–H and O–H groups in total. The molecule has 0 spiro atoms. The maximum Gasteiger partial charge on any atom is 0.299 e. The van der Waals surface area contributed by atoms with Crippen LogP contribution in [0.5, 0.6) is 0 Å². The molecule has 0 aromatic heterocycles. The highest BCUT2D eigenvalue weighted by Gasteiger charge is 2.36. The molecule has 1 aliphatic heterocycles. The van der Waals surface area contributed by atoms with Crippen molar-refractivity contribution >= 4 is 17.4 Å². The second kappa shape index (κ2) is 4.24. The molecule has 1 amide bonds. The third kappa shape index (κ3) is 1.92. The minimum absolute atomic E-state index is 0.231. The van der Waals surface area contributed by atoms with Gasteiger partial charge in [0.2, 0.25) is 0 Å². The molecule has 17 heavy (non-hydrogen) atoms. The Kier molecular flexibility index (Phi) is 2.92. The number of hydrogen-bond donors (Lipinski definition) is 0. The van der Waals surface area contributed by atoms with Crippen LogP contribution < -0.4 is 4.90 Å². The zero-order valence-corrected chi connectivity index (χ0v) is 9.24. The van der Waals surface area contributed by atoms with E-state index in [2.05, 4.69) is 0 Å². The van der Waals surface area contributed by atoms with Crippen LogP contribution in [0, 0.1) is 0 Å². The Morgan fingerprint density at radius 2 is 2.00 bits per heavy atom. The van der Waals surface area contributed by atoms with E-state index in [4.69, 9.17) is 0 Å². The standard InChI is InChI=1S/C12H11F2NO2/c1-2-7-3-4-9-8(5-7)11(16)12(17)15(9)6-10(13)14/h3-5,10H,2,6H2,1H3. The van der Waals surface area contributed by atoms with Crippen molar-refractivity contribution in [2.75, 3.05) is 11.4 Å². The summed E-state index contributed by atoms with van der Waals surface area (Å²) in [7, 11) is 0. The van der Waals surface area contributed by atoms with Crippen LogP contribution in [0.15, 0.2) is 18.2 Å². The highest BCUT2D eigenvalue weighted by atomic mass is 19.3. The molecule has 0 fully saturated rings. The second-order valence-corrected chi connectivity index (χ2v) is 3.84. The van der Waals surface area contributed by atoms with Gasteiger partial charge in [0.1, 0.15) is 0 Å². The van der Waals surface area contributed by atoms with Crippen molar-refractivity contribution in [3.8, 4) is 0 Å². The Morgan fingerprint density at radius 3 is 2.59 bits per heavy atom. The first-order valence-corrected chi connectivity index (χ1v) is 5.32. The van der Waals surface area contributed by atoms with Gasteiger partial charge in [-0.3, -0.25) is 14.5 Å². The molecule has 3 nitrogen and oxygen atoms in total. The molecule has 0 atom stereocenters. The smallest absolute Gasteiger partial charge is 0.299 e. The first-order valence-electron chi connectivity index (χ1n) is 5.32. The highest BCUT2D eigenvalue weighted by Crippen LogP contribution is 2.30. The van der Waals surface area contributed by atoms with Crippen LogP contribution in [0.2, 0.25) is 0 Å². The topological polar surface area (TPSA) is 37.4 Å². The number of fused-ring (bicyclic) bond motifs is 1. The number of ketones is 1. The predicted molar refractivity (Wildman–Crippen MR) is 58.5 cm³/mol. The molecule has 0 bridgehead atoms. The fourth-order valence-corrected chi connectivity index (χ4v) is 1.89. The van der Waals surface area contributed by atoms with Crippen molar-refractivity contribution in [2.45, 2.75) is 19.8 Å². The summed E-state index contributed by atoms with van der Waals surface area (Å²) in [6.45, 7) is 1.18. The molecule has 5 heteroatoms. The summed E-state index contributed by atoms with van der Waals surface area (Å²) in [6, 6.07) is 4.89. The minimum atomic E-state index is -2.65. The van der Waals surface area contributed by atoms with Crippen LogP contribution in [-0.2, 0) is 11.2 Å². The van der Waals surface area contributed by atoms with Gasteiger partial charge in [0.15, 0.2) is 0 Å². The second-order valence-electron chi connectivity index (χ2n) is 3.84. The summed E-state index contributed by atoms with van der Waals surface area (Å²) in [4.78, 5) is 24.0. The van der Waals surface area contributed by atoms with Gasteiger partial charge in [0.25, 0.3) is 18.1 Å². The Balaban J connectivity index is 2.43. The van der Waals surface area contributed by atoms with E-state index < -0.39 is 24.7 Å². The molecule has 1 heterocycles. The molecule has 0 saturated heterocycles. The molecule has 0 radical (unpaired) electrons. The lowest BCUT2D eigenvalue weighted by Gasteiger charge is -2.15. The summed E-state index contributed by atoms with van der Waals surface area (Å²) in [5, 5.41) is 0. The first-order chi connectivity index (χ1) is 8.04. The van der Waals surface area contributed by atoms with Crippen molar-refractivity contribution in [3.05, 3.63) is 29.3 Å². The Bertz CT molecular complexity index is 485. The van der Waals surface area contributed by atoms with E-state index in [1.54, 1.807) is 18.2 Å². The largest absolute Gasteiger partial charge is 0.299 e. The number of nitrogens with zero attached hydrogens (tertiary/aromatic N) is 1. The van der Waals surface area contributed by atoms with Gasteiger partial charge in [-0.2, -0.15) is 0 Å². The third-order valence-corrected chi connectivity index (χ3v) is 2.76. The first kappa shape index (κ1) is 11.7. The van der Waals surface area contributed by atoms with Gasteiger partial charge in [-0.25, -0.2) is 8.78 Å². The molecule has 1 aromatic carbocycles. The fraction of sp³-hybridized carbons (Fsp3) is 0.333. The van der Waals surface area contributed by atoms with Crippen molar-refractivity contribution in [3.63, 3.8) is 0 Å². The van der Waals surface area contributed by atoms with Crippen LogP contribution >= 0.6 is 0 Å². The summed E-state index contributed by atoms with van der Waals surface area (Å²) in [5.74, 6) is -1.57. The van der Waals surface area contributed by atoms with Gasteiger partial charge >= 0.3 is 0 Å². The number of carbonyl (C=O) groups is 2. The van der Waals surface area contributed by atoms with E-state index in [1.807, 2.05) is 6.92 Å². The zero-order valence-electron chi connectivity index (χ0n) is 9.24. The van der Waals surface area contributed by atoms with E-state index in [0.717, 1.165) is 16.9 Å². The fourth-order valence-electron chi connectivity index (χ4n) is 1.89. The number of rotatable bonds is 3. The summed E-state index contributed by atoms with van der Waals surface area (Å²) >= 11 is 0. The van der Waals surface area contributed by atoms with Crippen molar-refractivity contribution in [1.29, 1.82) is 0 Å². The van der Waals surface area contributed by atoms with E-state index >= 15 is 0 Å². The van der Waals surface area contributed by atoms with E-state index in [1.165, 1.54) is 0 Å². The number of hydrogen-bond acceptors (Lipinski definition) is 2. The summed E-state index contributed by atoms with van der Waals surface area (Å²) in [5.41, 5.74) is 1.43. The van der Waals surface area contributed by atoms with Gasteiger partial charge < -0.3 is 0 Å². The Hall–Kier alpha value is -1.78. The molecular formula is C12H11F2NO2. The molecule has 0 unspecified atom stereocenters. The van der Waals surface area contributed by atoms with E-state index in [9.17, 15) is 18.4 Å². The maximum absolute atomic E-state index is 12.3. The molecule has 1 aromatic rings. The number of Topliss-reactive ketones (excluding diaryl/α,β-unsaturated/α-hetero) is 1. The third-order valence-electron chi connectivity index (χ3n) is 2.76. The number of benzene rings is 1. The Labute approximate surface area is 97.0 Å². The lowest BCUT2D eigenvalue weighted by Crippen LogP contribution is -2.33. The normalized spacial score (nSPS) is 14.7. The minimum Gasteiger partial charge on any atom is -0.299 e. The van der Waals surface area contributed by atoms with Gasteiger partial charge in [0.05, 0.1) is 17.8 Å². The van der Waals surface area contributed by atoms with Crippen LogP contribution in [-0.4, -0.2) is 24.7 Å².